The number of nitrogens with one attached hydrogen (secondary N) is 1. The lowest BCUT2D eigenvalue weighted by Crippen LogP contribution is -2.15. The Labute approximate surface area is 95.0 Å². The molecule has 0 aliphatic heterocycles. The largest absolute Gasteiger partial charge is 0.399 e. The van der Waals surface area contributed by atoms with Gasteiger partial charge in [0.15, 0.2) is 0 Å². The number of benzene rings is 1. The van der Waals surface area contributed by atoms with Gasteiger partial charge in [-0.15, -0.1) is 0 Å². The minimum Gasteiger partial charge on any atom is -0.399 e. The van der Waals surface area contributed by atoms with Gasteiger partial charge in [0, 0.05) is 17.9 Å². The number of carbonyl (C=O) groups is 1. The number of nitrogen functional groups attached to an aromatic ring is 1. The Balaban J connectivity index is 2.03. The average Bonchev–Trinajstić information content (AvgIpc) is 3.01. The van der Waals surface area contributed by atoms with Gasteiger partial charge in [0.2, 0.25) is 0 Å². The van der Waals surface area contributed by atoms with Crippen LogP contribution in [0.2, 0.25) is 0 Å². The van der Waals surface area contributed by atoms with Crippen LogP contribution in [0, 0.1) is 5.92 Å². The van der Waals surface area contributed by atoms with Crippen LogP contribution >= 0.6 is 0 Å². The van der Waals surface area contributed by atoms with Gasteiger partial charge in [-0.05, 0) is 30.5 Å². The normalized spacial score (nSPS) is 14.8. The molecule has 0 saturated heterocycles. The summed E-state index contributed by atoms with van der Waals surface area (Å²) in [5.41, 5.74) is 12.9. The Hall–Kier alpha value is -1.71. The van der Waals surface area contributed by atoms with Gasteiger partial charge >= 0.3 is 0 Å². The van der Waals surface area contributed by atoms with Gasteiger partial charge in [0.25, 0.3) is 5.91 Å². The maximum Gasteiger partial charge on any atom is 0.250 e. The zero-order chi connectivity index (χ0) is 11.5. The molecule has 1 saturated carbocycles. The van der Waals surface area contributed by atoms with Crippen LogP contribution in [0.1, 0.15) is 29.6 Å². The molecular formula is C12H17N3O. The molecule has 1 fully saturated rings. The quantitative estimate of drug-likeness (QED) is 0.658. The van der Waals surface area contributed by atoms with E-state index in [4.69, 9.17) is 11.5 Å². The van der Waals surface area contributed by atoms with Gasteiger partial charge < -0.3 is 16.8 Å². The lowest BCUT2D eigenvalue weighted by atomic mass is 10.1. The van der Waals surface area contributed by atoms with Gasteiger partial charge in [-0.2, -0.15) is 0 Å². The van der Waals surface area contributed by atoms with Crippen molar-refractivity contribution in [2.45, 2.75) is 19.3 Å². The Morgan fingerprint density at radius 2 is 2.19 bits per heavy atom. The number of nitrogens with two attached hydrogens (primary N) is 2. The van der Waals surface area contributed by atoms with Crippen molar-refractivity contribution in [3.8, 4) is 0 Å². The highest BCUT2D eigenvalue weighted by molar-refractivity contribution is 5.99. The molecular weight excluding hydrogens is 202 g/mol. The maximum absolute atomic E-state index is 11.2. The predicted octanol–water partition coefficient (Wildman–Crippen LogP) is 1.58. The minimum absolute atomic E-state index is 0.422. The van der Waals surface area contributed by atoms with Gasteiger partial charge in [-0.25, -0.2) is 0 Å². The summed E-state index contributed by atoms with van der Waals surface area (Å²) in [5, 5.41) is 3.23. The summed E-state index contributed by atoms with van der Waals surface area (Å²) in [6, 6.07) is 5.11. The smallest absolute Gasteiger partial charge is 0.250 e. The number of hydrogen-bond acceptors (Lipinski definition) is 3. The third-order valence-electron chi connectivity index (χ3n) is 2.87. The van der Waals surface area contributed by atoms with E-state index in [2.05, 4.69) is 5.32 Å². The first-order chi connectivity index (χ1) is 7.66. The van der Waals surface area contributed by atoms with Crippen LogP contribution in [0.5, 0.6) is 0 Å². The van der Waals surface area contributed by atoms with E-state index < -0.39 is 5.91 Å². The minimum atomic E-state index is -0.422. The Morgan fingerprint density at radius 1 is 1.44 bits per heavy atom. The molecule has 86 valence electrons. The fourth-order valence-electron chi connectivity index (χ4n) is 1.74. The van der Waals surface area contributed by atoms with Crippen molar-refractivity contribution >= 4 is 17.3 Å². The van der Waals surface area contributed by atoms with E-state index in [1.807, 2.05) is 0 Å². The standard InChI is InChI=1S/C12H17N3O/c13-9-3-4-10(12(14)16)11(7-9)15-6-5-8-1-2-8/h3-4,7-8,15H,1-2,5-6,13H2,(H2,14,16). The summed E-state index contributed by atoms with van der Waals surface area (Å²) in [4.78, 5) is 11.2. The van der Waals surface area contributed by atoms with E-state index in [0.717, 1.165) is 24.6 Å². The number of hydrogen-bond donors (Lipinski definition) is 3. The molecule has 5 N–H and O–H groups in total. The molecule has 0 radical (unpaired) electrons. The molecule has 0 aromatic heterocycles. The van der Waals surface area contributed by atoms with Gasteiger partial charge in [0.1, 0.15) is 0 Å². The molecule has 0 atom stereocenters. The predicted molar refractivity (Wildman–Crippen MR) is 65.2 cm³/mol. The Bertz CT molecular complexity index is 399. The second kappa shape index (κ2) is 4.43. The van der Waals surface area contributed by atoms with Crippen LogP contribution in [0.4, 0.5) is 11.4 Å². The summed E-state index contributed by atoms with van der Waals surface area (Å²) in [7, 11) is 0. The zero-order valence-electron chi connectivity index (χ0n) is 9.20. The molecule has 1 amide bonds. The van der Waals surface area contributed by atoms with Crippen LogP contribution in [0.25, 0.3) is 0 Å². The molecule has 1 aromatic carbocycles. The number of primary amides is 1. The van der Waals surface area contributed by atoms with E-state index >= 15 is 0 Å². The summed E-state index contributed by atoms with van der Waals surface area (Å²) < 4.78 is 0. The number of amides is 1. The van der Waals surface area contributed by atoms with Crippen LogP contribution in [-0.4, -0.2) is 12.5 Å². The highest BCUT2D eigenvalue weighted by Gasteiger charge is 2.20. The highest BCUT2D eigenvalue weighted by Crippen LogP contribution is 2.32. The van der Waals surface area contributed by atoms with Crippen molar-refractivity contribution in [2.24, 2.45) is 11.7 Å². The molecule has 1 aliphatic carbocycles. The van der Waals surface area contributed by atoms with Gasteiger partial charge in [-0.1, -0.05) is 12.8 Å². The number of rotatable bonds is 5. The zero-order valence-corrected chi connectivity index (χ0v) is 9.20. The molecule has 1 aromatic rings. The van der Waals surface area contributed by atoms with E-state index in [0.29, 0.717) is 11.3 Å². The summed E-state index contributed by atoms with van der Waals surface area (Å²) in [5.74, 6) is 0.444. The molecule has 2 rings (SSSR count). The van der Waals surface area contributed by atoms with E-state index in [1.165, 1.54) is 12.8 Å². The third kappa shape index (κ3) is 2.66. The summed E-state index contributed by atoms with van der Waals surface area (Å²) in [6.45, 7) is 0.869. The molecule has 1 aliphatic rings. The molecule has 4 heteroatoms. The Morgan fingerprint density at radius 3 is 2.81 bits per heavy atom. The number of anilines is 2. The second-order valence-corrected chi connectivity index (χ2v) is 4.33. The summed E-state index contributed by atoms with van der Waals surface area (Å²) >= 11 is 0. The fraction of sp³-hybridized carbons (Fsp3) is 0.417. The first-order valence-electron chi connectivity index (χ1n) is 5.60. The molecule has 16 heavy (non-hydrogen) atoms. The molecule has 4 nitrogen and oxygen atoms in total. The van der Waals surface area contributed by atoms with Crippen LogP contribution in [-0.2, 0) is 0 Å². The van der Waals surface area contributed by atoms with Crippen molar-refractivity contribution in [3.63, 3.8) is 0 Å². The van der Waals surface area contributed by atoms with E-state index in [9.17, 15) is 4.79 Å². The monoisotopic (exact) mass is 219 g/mol. The van der Waals surface area contributed by atoms with Crippen molar-refractivity contribution in [3.05, 3.63) is 23.8 Å². The van der Waals surface area contributed by atoms with Crippen LogP contribution in [0.3, 0.4) is 0 Å². The van der Waals surface area contributed by atoms with Crippen molar-refractivity contribution < 1.29 is 4.79 Å². The fourth-order valence-corrected chi connectivity index (χ4v) is 1.74. The SMILES string of the molecule is NC(=O)c1ccc(N)cc1NCCC1CC1. The second-order valence-electron chi connectivity index (χ2n) is 4.33. The molecule has 0 bridgehead atoms. The van der Waals surface area contributed by atoms with Gasteiger partial charge in [0.05, 0.1) is 5.56 Å². The average molecular weight is 219 g/mol. The third-order valence-corrected chi connectivity index (χ3v) is 2.87. The first kappa shape index (κ1) is 10.8. The summed E-state index contributed by atoms with van der Waals surface area (Å²) in [6.07, 6.45) is 3.82. The van der Waals surface area contributed by atoms with Gasteiger partial charge in [-0.3, -0.25) is 4.79 Å². The van der Waals surface area contributed by atoms with E-state index in [1.54, 1.807) is 18.2 Å². The van der Waals surface area contributed by atoms with Crippen molar-refractivity contribution in [2.75, 3.05) is 17.6 Å². The molecule has 0 heterocycles. The Kier molecular flexibility index (Phi) is 2.99. The maximum atomic E-state index is 11.2. The molecule has 0 unspecified atom stereocenters. The highest BCUT2D eigenvalue weighted by atomic mass is 16.1. The topological polar surface area (TPSA) is 81.1 Å². The van der Waals surface area contributed by atoms with Crippen LogP contribution in [0.15, 0.2) is 18.2 Å². The molecule has 0 spiro atoms. The number of carbonyl (C=O) groups excluding carboxylic acids is 1. The lowest BCUT2D eigenvalue weighted by molar-refractivity contribution is 0.100. The van der Waals surface area contributed by atoms with Crippen molar-refractivity contribution in [1.82, 2.24) is 0 Å². The first-order valence-corrected chi connectivity index (χ1v) is 5.60. The van der Waals surface area contributed by atoms with Crippen molar-refractivity contribution in [1.29, 1.82) is 0 Å². The van der Waals surface area contributed by atoms with E-state index in [-0.39, 0.29) is 0 Å². The lowest BCUT2D eigenvalue weighted by Gasteiger charge is -2.10. The van der Waals surface area contributed by atoms with Crippen LogP contribution < -0.4 is 16.8 Å².